The first-order valence-electron chi connectivity index (χ1n) is 8.36. The van der Waals surface area contributed by atoms with Crippen LogP contribution in [0.3, 0.4) is 0 Å². The summed E-state index contributed by atoms with van der Waals surface area (Å²) in [5, 5.41) is 2.64. The monoisotopic (exact) mass is 347 g/mol. The van der Waals surface area contributed by atoms with Crippen LogP contribution in [0, 0.1) is 0 Å². The summed E-state index contributed by atoms with van der Waals surface area (Å²) in [5.74, 6) is -1.22. The van der Waals surface area contributed by atoms with Crippen LogP contribution in [-0.4, -0.2) is 80.3 Å². The number of rotatable bonds is 8. The summed E-state index contributed by atoms with van der Waals surface area (Å²) in [7, 11) is -3.08. The molecule has 134 valence electrons. The molecule has 0 bridgehead atoms. The van der Waals surface area contributed by atoms with Crippen molar-refractivity contribution in [2.75, 3.05) is 44.2 Å². The third-order valence-corrected chi connectivity index (χ3v) is 6.03. The van der Waals surface area contributed by atoms with Gasteiger partial charge in [0.25, 0.3) is 0 Å². The Hall–Kier alpha value is -1.15. The van der Waals surface area contributed by atoms with Crippen LogP contribution in [0.15, 0.2) is 0 Å². The lowest BCUT2D eigenvalue weighted by Crippen LogP contribution is -2.48. The highest BCUT2D eigenvalue weighted by molar-refractivity contribution is 7.91. The topological polar surface area (TPSA) is 86.8 Å². The number of nitrogens with zero attached hydrogens (tertiary/aromatic N) is 2. The molecule has 2 amide bonds. The molecule has 1 saturated heterocycles. The van der Waals surface area contributed by atoms with E-state index in [1.807, 2.05) is 0 Å². The zero-order chi connectivity index (χ0) is 17.5. The first-order chi connectivity index (χ1) is 10.8. The van der Waals surface area contributed by atoms with Gasteiger partial charge >= 0.3 is 11.8 Å². The normalized spacial score (nSPS) is 19.7. The van der Waals surface area contributed by atoms with Crippen LogP contribution in [0.2, 0.25) is 0 Å². The minimum absolute atomic E-state index is 0.0399. The van der Waals surface area contributed by atoms with Gasteiger partial charge in [-0.25, -0.2) is 8.42 Å². The van der Waals surface area contributed by atoms with Gasteiger partial charge in [0.2, 0.25) is 0 Å². The molecule has 0 saturated carbocycles. The molecule has 0 aromatic heterocycles. The Labute approximate surface area is 139 Å². The van der Waals surface area contributed by atoms with E-state index in [4.69, 9.17) is 0 Å². The van der Waals surface area contributed by atoms with E-state index >= 15 is 0 Å². The summed E-state index contributed by atoms with van der Waals surface area (Å²) in [6.07, 6.45) is 1.20. The van der Waals surface area contributed by atoms with Crippen molar-refractivity contribution in [2.45, 2.75) is 39.7 Å². The van der Waals surface area contributed by atoms with Crippen LogP contribution in [0.1, 0.15) is 33.6 Å². The molecule has 1 unspecified atom stereocenters. The first kappa shape index (κ1) is 19.9. The zero-order valence-corrected chi connectivity index (χ0v) is 15.2. The van der Waals surface area contributed by atoms with E-state index in [1.54, 1.807) is 6.92 Å². The standard InChI is InChI=1S/C15H29N3O4S/c1-4-17(5-2)10-7-9-16-14(19)15(20)18(6-3)13-8-11-23(21,22)12-13/h13H,4-12H2,1-3H3,(H,16,19). The van der Waals surface area contributed by atoms with Gasteiger partial charge in [0.05, 0.1) is 11.5 Å². The molecule has 0 radical (unpaired) electrons. The fourth-order valence-electron chi connectivity index (χ4n) is 2.84. The molecule has 8 heteroatoms. The number of hydrogen-bond acceptors (Lipinski definition) is 5. The van der Waals surface area contributed by atoms with Crippen LogP contribution >= 0.6 is 0 Å². The Morgan fingerprint density at radius 1 is 1.13 bits per heavy atom. The van der Waals surface area contributed by atoms with Crippen molar-refractivity contribution in [3.63, 3.8) is 0 Å². The van der Waals surface area contributed by atoms with Crippen molar-refractivity contribution in [2.24, 2.45) is 0 Å². The van der Waals surface area contributed by atoms with Gasteiger partial charge in [0.15, 0.2) is 9.84 Å². The lowest BCUT2D eigenvalue weighted by atomic mass is 10.2. The molecule has 0 spiro atoms. The van der Waals surface area contributed by atoms with Gasteiger partial charge < -0.3 is 15.1 Å². The molecule has 1 heterocycles. The van der Waals surface area contributed by atoms with E-state index in [9.17, 15) is 18.0 Å². The fraction of sp³-hybridized carbons (Fsp3) is 0.867. The molecule has 1 aliphatic rings. The van der Waals surface area contributed by atoms with Crippen LogP contribution in [0.5, 0.6) is 0 Å². The van der Waals surface area contributed by atoms with Crippen LogP contribution in [0.25, 0.3) is 0 Å². The summed E-state index contributed by atoms with van der Waals surface area (Å²) in [6.45, 7) is 9.51. The minimum Gasteiger partial charge on any atom is -0.348 e. The van der Waals surface area contributed by atoms with Gasteiger partial charge in [0, 0.05) is 19.1 Å². The van der Waals surface area contributed by atoms with E-state index in [2.05, 4.69) is 24.1 Å². The van der Waals surface area contributed by atoms with Crippen LogP contribution in [-0.2, 0) is 19.4 Å². The highest BCUT2D eigenvalue weighted by atomic mass is 32.2. The maximum atomic E-state index is 12.2. The maximum Gasteiger partial charge on any atom is 0.312 e. The summed E-state index contributed by atoms with van der Waals surface area (Å²) >= 11 is 0. The van der Waals surface area contributed by atoms with Crippen molar-refractivity contribution in [1.29, 1.82) is 0 Å². The Bertz CT molecular complexity index is 503. The van der Waals surface area contributed by atoms with E-state index < -0.39 is 21.7 Å². The molecular weight excluding hydrogens is 318 g/mol. The van der Waals surface area contributed by atoms with Gasteiger partial charge in [-0.3, -0.25) is 9.59 Å². The number of hydrogen-bond donors (Lipinski definition) is 1. The minimum atomic E-state index is -3.08. The van der Waals surface area contributed by atoms with E-state index in [1.165, 1.54) is 4.90 Å². The second-order valence-electron chi connectivity index (χ2n) is 5.78. The second-order valence-corrected chi connectivity index (χ2v) is 8.01. The largest absolute Gasteiger partial charge is 0.348 e. The number of amides is 2. The number of sulfone groups is 1. The van der Waals surface area contributed by atoms with Crippen molar-refractivity contribution in [1.82, 2.24) is 15.1 Å². The summed E-state index contributed by atoms with van der Waals surface area (Å²) < 4.78 is 23.1. The van der Waals surface area contributed by atoms with Crippen LogP contribution in [0.4, 0.5) is 0 Å². The van der Waals surface area contributed by atoms with Gasteiger partial charge in [-0.15, -0.1) is 0 Å². The van der Waals surface area contributed by atoms with Gasteiger partial charge in [-0.05, 0) is 39.4 Å². The third-order valence-electron chi connectivity index (χ3n) is 4.28. The summed E-state index contributed by atoms with van der Waals surface area (Å²) in [6, 6.07) is -0.376. The molecule has 0 aromatic rings. The van der Waals surface area contributed by atoms with Crippen molar-refractivity contribution >= 4 is 21.7 Å². The van der Waals surface area contributed by atoms with Crippen molar-refractivity contribution in [3.8, 4) is 0 Å². The van der Waals surface area contributed by atoms with Crippen molar-refractivity contribution < 1.29 is 18.0 Å². The molecule has 1 N–H and O–H groups in total. The number of nitrogens with one attached hydrogen (secondary N) is 1. The Kier molecular flexibility index (Phi) is 7.98. The SMILES string of the molecule is CCN(CC)CCCNC(=O)C(=O)N(CC)C1CCS(=O)(=O)C1. The summed E-state index contributed by atoms with van der Waals surface area (Å²) in [4.78, 5) is 27.8. The highest BCUT2D eigenvalue weighted by Gasteiger charge is 2.35. The first-order valence-corrected chi connectivity index (χ1v) is 10.2. The average Bonchev–Trinajstić information content (AvgIpc) is 2.87. The average molecular weight is 347 g/mol. The van der Waals surface area contributed by atoms with Crippen molar-refractivity contribution in [3.05, 3.63) is 0 Å². The van der Waals surface area contributed by atoms with E-state index in [-0.39, 0.29) is 17.5 Å². The zero-order valence-electron chi connectivity index (χ0n) is 14.4. The molecule has 1 rings (SSSR count). The Balaban J connectivity index is 2.43. The lowest BCUT2D eigenvalue weighted by Gasteiger charge is -2.26. The van der Waals surface area contributed by atoms with E-state index in [0.717, 1.165) is 26.1 Å². The highest BCUT2D eigenvalue weighted by Crippen LogP contribution is 2.17. The molecule has 0 aliphatic carbocycles. The third kappa shape index (κ3) is 6.10. The smallest absolute Gasteiger partial charge is 0.312 e. The molecule has 23 heavy (non-hydrogen) atoms. The number of carbonyl (C=O) groups is 2. The molecule has 0 aromatic carbocycles. The van der Waals surface area contributed by atoms with Gasteiger partial charge in [-0.1, -0.05) is 13.8 Å². The molecule has 1 aliphatic heterocycles. The van der Waals surface area contributed by atoms with Gasteiger partial charge in [0.1, 0.15) is 0 Å². The predicted molar refractivity (Wildman–Crippen MR) is 89.9 cm³/mol. The fourth-order valence-corrected chi connectivity index (χ4v) is 4.57. The molecular formula is C15H29N3O4S. The maximum absolute atomic E-state index is 12.2. The van der Waals surface area contributed by atoms with Gasteiger partial charge in [-0.2, -0.15) is 0 Å². The lowest BCUT2D eigenvalue weighted by molar-refractivity contribution is -0.147. The Morgan fingerprint density at radius 2 is 1.78 bits per heavy atom. The number of carbonyl (C=O) groups excluding carboxylic acids is 2. The number of likely N-dealkylation sites (N-methyl/N-ethyl adjacent to an activating group) is 1. The molecule has 1 atom stereocenters. The molecule has 1 fully saturated rings. The van der Waals surface area contributed by atoms with Crippen LogP contribution < -0.4 is 5.32 Å². The van der Waals surface area contributed by atoms with E-state index in [0.29, 0.717) is 19.5 Å². The predicted octanol–water partition coefficient (Wildman–Crippen LogP) is -0.130. The second kappa shape index (κ2) is 9.22. The molecule has 7 nitrogen and oxygen atoms in total. The Morgan fingerprint density at radius 3 is 2.26 bits per heavy atom. The quantitative estimate of drug-likeness (QED) is 0.488. The summed E-state index contributed by atoms with van der Waals surface area (Å²) in [5.41, 5.74) is 0.